The van der Waals surface area contributed by atoms with Crippen molar-refractivity contribution in [1.29, 1.82) is 0 Å². The number of pyridine rings is 1. The number of ether oxygens (including phenoxy) is 3. The van der Waals surface area contributed by atoms with Crippen molar-refractivity contribution in [2.24, 2.45) is 4.99 Å². The van der Waals surface area contributed by atoms with E-state index in [0.717, 1.165) is 22.6 Å². The molecule has 0 aliphatic carbocycles. The van der Waals surface area contributed by atoms with E-state index in [1.807, 2.05) is 20.8 Å². The van der Waals surface area contributed by atoms with Gasteiger partial charge in [-0.15, -0.1) is 24.0 Å². The standard InChI is InChI=1S/C21H28F2N4O3.HI/c1-6-24-21(27-12-17-14(3)19(29-5)13(2)10-25-17)26-11-15-9-16(28-4)7-8-18(15)30-20(22)23;/h7-10,20H,6,11-12H2,1-5H3,(H2,24,26,27);1H. The summed E-state index contributed by atoms with van der Waals surface area (Å²) >= 11 is 0. The number of halogens is 3. The third-order valence-electron chi connectivity index (χ3n) is 4.41. The molecular weight excluding hydrogens is 521 g/mol. The van der Waals surface area contributed by atoms with Crippen molar-refractivity contribution in [2.75, 3.05) is 20.8 Å². The molecular formula is C21H29F2IN4O3. The van der Waals surface area contributed by atoms with Crippen molar-refractivity contribution in [2.45, 2.75) is 40.5 Å². The highest BCUT2D eigenvalue weighted by atomic mass is 127. The van der Waals surface area contributed by atoms with Crippen molar-refractivity contribution < 1.29 is 23.0 Å². The Morgan fingerprint density at radius 2 is 1.90 bits per heavy atom. The number of aromatic nitrogens is 1. The number of aryl methyl sites for hydroxylation is 1. The molecule has 0 amide bonds. The Hall–Kier alpha value is -2.37. The molecule has 2 rings (SSSR count). The van der Waals surface area contributed by atoms with Crippen molar-refractivity contribution in [3.63, 3.8) is 0 Å². The minimum atomic E-state index is -2.92. The maximum Gasteiger partial charge on any atom is 0.387 e. The monoisotopic (exact) mass is 550 g/mol. The van der Waals surface area contributed by atoms with E-state index in [1.165, 1.54) is 13.2 Å². The van der Waals surface area contributed by atoms with Crippen LogP contribution < -0.4 is 24.8 Å². The van der Waals surface area contributed by atoms with Crippen LogP contribution >= 0.6 is 24.0 Å². The summed E-state index contributed by atoms with van der Waals surface area (Å²) in [6.45, 7) is 4.09. The third kappa shape index (κ3) is 7.67. The number of benzene rings is 1. The summed E-state index contributed by atoms with van der Waals surface area (Å²) in [4.78, 5) is 8.95. The van der Waals surface area contributed by atoms with E-state index in [1.54, 1.807) is 25.4 Å². The van der Waals surface area contributed by atoms with Crippen LogP contribution in [-0.4, -0.2) is 38.3 Å². The van der Waals surface area contributed by atoms with Gasteiger partial charge in [0.05, 0.1) is 33.0 Å². The Kier molecular flexibility index (Phi) is 11.3. The molecule has 172 valence electrons. The van der Waals surface area contributed by atoms with Gasteiger partial charge in [-0.05, 0) is 39.0 Å². The number of guanidine groups is 1. The first-order chi connectivity index (χ1) is 14.4. The van der Waals surface area contributed by atoms with E-state index in [-0.39, 0.29) is 36.3 Å². The number of rotatable bonds is 9. The first kappa shape index (κ1) is 26.7. The molecule has 0 aliphatic rings. The van der Waals surface area contributed by atoms with E-state index in [4.69, 9.17) is 9.47 Å². The van der Waals surface area contributed by atoms with Crippen molar-refractivity contribution in [3.8, 4) is 17.2 Å². The zero-order valence-electron chi connectivity index (χ0n) is 18.3. The van der Waals surface area contributed by atoms with Crippen LogP contribution in [0.2, 0.25) is 0 Å². The predicted octanol–water partition coefficient (Wildman–Crippen LogP) is 4.19. The van der Waals surface area contributed by atoms with Crippen molar-refractivity contribution in [1.82, 2.24) is 15.6 Å². The van der Waals surface area contributed by atoms with Crippen LogP contribution in [0.1, 0.15) is 29.3 Å². The van der Waals surface area contributed by atoms with Gasteiger partial charge >= 0.3 is 6.61 Å². The molecule has 0 aliphatic heterocycles. The zero-order chi connectivity index (χ0) is 22.1. The SMILES string of the molecule is CCNC(=NCc1cc(OC)ccc1OC(F)F)NCc1ncc(C)c(OC)c1C.I. The van der Waals surface area contributed by atoms with E-state index >= 15 is 0 Å². The third-order valence-corrected chi connectivity index (χ3v) is 4.41. The lowest BCUT2D eigenvalue weighted by Crippen LogP contribution is -2.37. The Bertz CT molecular complexity index is 882. The fraction of sp³-hybridized carbons (Fsp3) is 0.429. The molecule has 0 saturated carbocycles. The van der Waals surface area contributed by atoms with Gasteiger partial charge in [-0.25, -0.2) is 4.99 Å². The molecule has 31 heavy (non-hydrogen) atoms. The number of nitrogens with zero attached hydrogens (tertiary/aromatic N) is 2. The van der Waals surface area contributed by atoms with Crippen LogP contribution in [0.25, 0.3) is 0 Å². The van der Waals surface area contributed by atoms with Crippen LogP contribution in [0.5, 0.6) is 17.2 Å². The molecule has 10 heteroatoms. The first-order valence-electron chi connectivity index (χ1n) is 9.52. The second-order valence-corrected chi connectivity index (χ2v) is 6.45. The van der Waals surface area contributed by atoms with Gasteiger partial charge in [0.1, 0.15) is 17.2 Å². The van der Waals surface area contributed by atoms with Crippen LogP contribution in [0, 0.1) is 13.8 Å². The molecule has 0 radical (unpaired) electrons. The minimum absolute atomic E-state index is 0. The molecule has 2 N–H and O–H groups in total. The molecule has 0 bridgehead atoms. The van der Waals surface area contributed by atoms with Gasteiger partial charge in [0.2, 0.25) is 0 Å². The molecule has 0 fully saturated rings. The number of methoxy groups -OCH3 is 2. The quantitative estimate of drug-likeness (QED) is 0.277. The first-order valence-corrected chi connectivity index (χ1v) is 9.52. The number of nitrogens with one attached hydrogen (secondary N) is 2. The Balaban J connectivity index is 0.00000480. The number of hydrogen-bond acceptors (Lipinski definition) is 5. The van der Waals surface area contributed by atoms with E-state index in [2.05, 4.69) is 25.3 Å². The van der Waals surface area contributed by atoms with Gasteiger partial charge < -0.3 is 24.8 Å². The Morgan fingerprint density at radius 1 is 1.16 bits per heavy atom. The summed E-state index contributed by atoms with van der Waals surface area (Å²) in [6.07, 6.45) is 1.76. The topological polar surface area (TPSA) is 77.0 Å². The minimum Gasteiger partial charge on any atom is -0.497 e. The summed E-state index contributed by atoms with van der Waals surface area (Å²) in [5.74, 6) is 1.91. The van der Waals surface area contributed by atoms with E-state index in [9.17, 15) is 8.78 Å². The number of aliphatic imine (C=N–C) groups is 1. The normalized spacial score (nSPS) is 11.0. The molecule has 0 atom stereocenters. The molecule has 1 aromatic heterocycles. The highest BCUT2D eigenvalue weighted by Crippen LogP contribution is 2.26. The van der Waals surface area contributed by atoms with Crippen molar-refractivity contribution >= 4 is 29.9 Å². The van der Waals surface area contributed by atoms with Gasteiger partial charge in [-0.1, -0.05) is 0 Å². The smallest absolute Gasteiger partial charge is 0.387 e. The van der Waals surface area contributed by atoms with Crippen molar-refractivity contribution in [3.05, 3.63) is 46.8 Å². The number of alkyl halides is 2. The summed E-state index contributed by atoms with van der Waals surface area (Å²) in [7, 11) is 3.14. The summed E-state index contributed by atoms with van der Waals surface area (Å²) < 4.78 is 40.6. The summed E-state index contributed by atoms with van der Waals surface area (Å²) in [6, 6.07) is 4.64. The highest BCUT2D eigenvalue weighted by Gasteiger charge is 2.12. The lowest BCUT2D eigenvalue weighted by Gasteiger charge is -2.15. The molecule has 1 heterocycles. The predicted molar refractivity (Wildman–Crippen MR) is 127 cm³/mol. The van der Waals surface area contributed by atoms with Crippen LogP contribution in [0.4, 0.5) is 8.78 Å². The second-order valence-electron chi connectivity index (χ2n) is 6.45. The summed E-state index contributed by atoms with van der Waals surface area (Å²) in [5, 5.41) is 6.34. The maximum absolute atomic E-state index is 12.7. The summed E-state index contributed by atoms with van der Waals surface area (Å²) in [5.41, 5.74) is 3.22. The zero-order valence-corrected chi connectivity index (χ0v) is 20.6. The fourth-order valence-corrected chi connectivity index (χ4v) is 2.94. The molecule has 1 aromatic carbocycles. The average molecular weight is 550 g/mol. The van der Waals surface area contributed by atoms with Gasteiger partial charge in [0.25, 0.3) is 0 Å². The molecule has 0 saturated heterocycles. The molecule has 2 aromatic rings. The lowest BCUT2D eigenvalue weighted by molar-refractivity contribution is -0.0504. The lowest BCUT2D eigenvalue weighted by atomic mass is 10.1. The largest absolute Gasteiger partial charge is 0.497 e. The average Bonchev–Trinajstić information content (AvgIpc) is 2.72. The van der Waals surface area contributed by atoms with Crippen LogP contribution in [0.3, 0.4) is 0 Å². The van der Waals surface area contributed by atoms with Crippen LogP contribution in [0.15, 0.2) is 29.4 Å². The highest BCUT2D eigenvalue weighted by molar-refractivity contribution is 14.0. The number of hydrogen-bond donors (Lipinski definition) is 2. The second kappa shape index (κ2) is 13.1. The Labute approximate surface area is 198 Å². The molecule has 7 nitrogen and oxygen atoms in total. The van der Waals surface area contributed by atoms with Gasteiger partial charge in [-0.2, -0.15) is 8.78 Å². The van der Waals surface area contributed by atoms with E-state index in [0.29, 0.717) is 30.4 Å². The van der Waals surface area contributed by atoms with Crippen LogP contribution in [-0.2, 0) is 13.1 Å². The Morgan fingerprint density at radius 3 is 2.52 bits per heavy atom. The molecule has 0 unspecified atom stereocenters. The fourth-order valence-electron chi connectivity index (χ4n) is 2.94. The van der Waals surface area contributed by atoms with Gasteiger partial charge in [-0.3, -0.25) is 4.98 Å². The van der Waals surface area contributed by atoms with E-state index < -0.39 is 6.61 Å². The molecule has 0 spiro atoms. The van der Waals surface area contributed by atoms with Gasteiger partial charge in [0.15, 0.2) is 5.96 Å². The van der Waals surface area contributed by atoms with Gasteiger partial charge in [0, 0.05) is 29.4 Å². The maximum atomic E-state index is 12.7.